The lowest BCUT2D eigenvalue weighted by Gasteiger charge is -2.30. The Kier molecular flexibility index (Phi) is 5.59. The summed E-state index contributed by atoms with van der Waals surface area (Å²) in [4.78, 5) is 25.8. The first kappa shape index (κ1) is 15.0. The summed E-state index contributed by atoms with van der Waals surface area (Å²) in [6.45, 7) is 6.92. The van der Waals surface area contributed by atoms with Crippen LogP contribution in [-0.2, 0) is 9.59 Å². The average Bonchev–Trinajstić information content (AvgIpc) is 2.37. The highest BCUT2D eigenvalue weighted by atomic mass is 16.2. The predicted octanol–water partition coefficient (Wildman–Crippen LogP) is 0.487. The van der Waals surface area contributed by atoms with Crippen molar-refractivity contribution in [3.63, 3.8) is 0 Å². The van der Waals surface area contributed by atoms with E-state index in [0.29, 0.717) is 0 Å². The van der Waals surface area contributed by atoms with Crippen LogP contribution in [0.3, 0.4) is 0 Å². The molecule has 0 aromatic heterocycles. The van der Waals surface area contributed by atoms with Gasteiger partial charge in [-0.3, -0.25) is 9.59 Å². The molecule has 0 spiro atoms. The van der Waals surface area contributed by atoms with Crippen molar-refractivity contribution in [1.29, 1.82) is 0 Å². The van der Waals surface area contributed by atoms with Crippen LogP contribution in [0.1, 0.15) is 40.0 Å². The van der Waals surface area contributed by atoms with Gasteiger partial charge in [-0.2, -0.15) is 0 Å². The maximum absolute atomic E-state index is 12.1. The summed E-state index contributed by atoms with van der Waals surface area (Å²) in [5.74, 6) is -0.413. The molecule has 1 fully saturated rings. The van der Waals surface area contributed by atoms with Gasteiger partial charge in [0.05, 0.1) is 0 Å². The zero-order valence-electron chi connectivity index (χ0n) is 11.6. The lowest BCUT2D eigenvalue weighted by molar-refractivity contribution is -0.137. The third kappa shape index (κ3) is 3.98. The quantitative estimate of drug-likeness (QED) is 0.767. The number of amides is 2. The molecule has 3 unspecified atom stereocenters. The highest BCUT2D eigenvalue weighted by Gasteiger charge is 2.25. The van der Waals surface area contributed by atoms with E-state index >= 15 is 0 Å². The first-order chi connectivity index (χ1) is 8.43. The molecule has 1 aliphatic rings. The van der Waals surface area contributed by atoms with Crippen LogP contribution in [0.5, 0.6) is 0 Å². The Bertz CT molecular complexity index is 299. The minimum Gasteiger partial charge on any atom is -0.344 e. The maximum atomic E-state index is 12.1. The molecule has 1 aliphatic heterocycles. The Morgan fingerprint density at radius 3 is 2.17 bits per heavy atom. The molecule has 3 atom stereocenters. The molecule has 3 N–H and O–H groups in total. The van der Waals surface area contributed by atoms with Gasteiger partial charge in [-0.1, -0.05) is 6.92 Å². The fourth-order valence-corrected chi connectivity index (χ4v) is 2.03. The molecule has 5 nitrogen and oxygen atoms in total. The van der Waals surface area contributed by atoms with Crippen LogP contribution in [0.4, 0.5) is 0 Å². The Balaban J connectivity index is 2.46. The highest BCUT2D eigenvalue weighted by molar-refractivity contribution is 5.88. The first-order valence-corrected chi connectivity index (χ1v) is 6.78. The predicted molar refractivity (Wildman–Crippen MR) is 70.8 cm³/mol. The van der Waals surface area contributed by atoms with Gasteiger partial charge in [0.2, 0.25) is 11.8 Å². The lowest BCUT2D eigenvalue weighted by atomic mass is 10.0. The number of hydrogen-bond donors (Lipinski definition) is 2. The number of likely N-dealkylation sites (tertiary alicyclic amines) is 1. The van der Waals surface area contributed by atoms with Crippen molar-refractivity contribution in [3.8, 4) is 0 Å². The fourth-order valence-electron chi connectivity index (χ4n) is 2.03. The number of nitrogens with two attached hydrogens (primary N) is 1. The normalized spacial score (nSPS) is 21.0. The molecular formula is C13H25N3O2. The van der Waals surface area contributed by atoms with Crippen LogP contribution in [0.25, 0.3) is 0 Å². The van der Waals surface area contributed by atoms with Crippen molar-refractivity contribution >= 4 is 11.8 Å². The molecular weight excluding hydrogens is 230 g/mol. The van der Waals surface area contributed by atoms with Crippen LogP contribution in [-0.4, -0.2) is 41.9 Å². The number of carbonyl (C=O) groups excluding carboxylic acids is 2. The molecule has 104 valence electrons. The zero-order chi connectivity index (χ0) is 13.7. The van der Waals surface area contributed by atoms with Crippen molar-refractivity contribution in [3.05, 3.63) is 0 Å². The molecule has 1 heterocycles. The summed E-state index contributed by atoms with van der Waals surface area (Å²) in [6, 6.07) is -0.668. The zero-order valence-corrected chi connectivity index (χ0v) is 11.6. The van der Waals surface area contributed by atoms with E-state index in [-0.39, 0.29) is 23.8 Å². The summed E-state index contributed by atoms with van der Waals surface area (Å²) >= 11 is 0. The molecule has 0 aromatic carbocycles. The standard InChI is InChI=1S/C13H25N3O2/c1-9(10(2)14)12(17)15-11(3)13(18)16-7-5-4-6-8-16/h9-11H,4-8,14H2,1-3H3,(H,15,17). The van der Waals surface area contributed by atoms with Gasteiger partial charge in [0.1, 0.15) is 6.04 Å². The second kappa shape index (κ2) is 6.73. The van der Waals surface area contributed by atoms with Crippen molar-refractivity contribution in [2.45, 2.75) is 52.1 Å². The molecule has 0 aromatic rings. The summed E-state index contributed by atoms with van der Waals surface area (Å²) in [6.07, 6.45) is 3.30. The minimum absolute atomic E-state index is 0.0138. The Labute approximate surface area is 109 Å². The molecule has 1 rings (SSSR count). The highest BCUT2D eigenvalue weighted by Crippen LogP contribution is 2.10. The third-order valence-corrected chi connectivity index (χ3v) is 3.60. The molecule has 0 radical (unpaired) electrons. The van der Waals surface area contributed by atoms with Crippen molar-refractivity contribution in [1.82, 2.24) is 10.2 Å². The van der Waals surface area contributed by atoms with Gasteiger partial charge >= 0.3 is 0 Å². The van der Waals surface area contributed by atoms with E-state index in [1.54, 1.807) is 20.8 Å². The molecule has 0 aliphatic carbocycles. The van der Waals surface area contributed by atoms with Gasteiger partial charge in [0, 0.05) is 25.0 Å². The minimum atomic E-state index is -0.461. The summed E-state index contributed by atoms with van der Waals surface area (Å²) < 4.78 is 0. The van der Waals surface area contributed by atoms with Gasteiger partial charge in [0.15, 0.2) is 0 Å². The van der Waals surface area contributed by atoms with Crippen molar-refractivity contribution in [2.75, 3.05) is 13.1 Å². The summed E-state index contributed by atoms with van der Waals surface area (Å²) in [5.41, 5.74) is 5.68. The molecule has 18 heavy (non-hydrogen) atoms. The number of carbonyl (C=O) groups is 2. The van der Waals surface area contributed by atoms with Crippen LogP contribution < -0.4 is 11.1 Å². The van der Waals surface area contributed by atoms with E-state index in [0.717, 1.165) is 25.9 Å². The molecule has 1 saturated heterocycles. The van der Waals surface area contributed by atoms with Crippen LogP contribution in [0, 0.1) is 5.92 Å². The van der Waals surface area contributed by atoms with E-state index in [1.807, 2.05) is 4.90 Å². The van der Waals surface area contributed by atoms with Crippen molar-refractivity contribution in [2.24, 2.45) is 11.7 Å². The Morgan fingerprint density at radius 2 is 1.67 bits per heavy atom. The number of nitrogens with zero attached hydrogens (tertiary/aromatic N) is 1. The molecule has 5 heteroatoms. The summed E-state index contributed by atoms with van der Waals surface area (Å²) in [5, 5.41) is 2.75. The van der Waals surface area contributed by atoms with Gasteiger partial charge in [-0.05, 0) is 33.1 Å². The second-order valence-electron chi connectivity index (χ2n) is 5.26. The first-order valence-electron chi connectivity index (χ1n) is 6.78. The molecule has 0 saturated carbocycles. The number of rotatable bonds is 4. The monoisotopic (exact) mass is 255 g/mol. The van der Waals surface area contributed by atoms with Crippen LogP contribution >= 0.6 is 0 Å². The summed E-state index contributed by atoms with van der Waals surface area (Å²) in [7, 11) is 0. The Morgan fingerprint density at radius 1 is 1.11 bits per heavy atom. The van der Waals surface area contributed by atoms with Gasteiger partial charge < -0.3 is 16.0 Å². The van der Waals surface area contributed by atoms with Gasteiger partial charge in [-0.25, -0.2) is 0 Å². The molecule has 2 amide bonds. The SMILES string of the molecule is CC(NC(=O)C(C)C(C)N)C(=O)N1CCCCC1. The number of piperidine rings is 1. The lowest BCUT2D eigenvalue weighted by Crippen LogP contribution is -2.51. The second-order valence-corrected chi connectivity index (χ2v) is 5.26. The topological polar surface area (TPSA) is 75.4 Å². The fraction of sp³-hybridized carbons (Fsp3) is 0.846. The third-order valence-electron chi connectivity index (χ3n) is 3.60. The van der Waals surface area contributed by atoms with Crippen molar-refractivity contribution < 1.29 is 9.59 Å². The van der Waals surface area contributed by atoms with E-state index < -0.39 is 6.04 Å². The van der Waals surface area contributed by atoms with Crippen LogP contribution in [0.2, 0.25) is 0 Å². The largest absolute Gasteiger partial charge is 0.344 e. The van der Waals surface area contributed by atoms with E-state index in [4.69, 9.17) is 5.73 Å². The van der Waals surface area contributed by atoms with Crippen LogP contribution in [0.15, 0.2) is 0 Å². The average molecular weight is 255 g/mol. The number of hydrogen-bond acceptors (Lipinski definition) is 3. The number of nitrogens with one attached hydrogen (secondary N) is 1. The molecule has 0 bridgehead atoms. The van der Waals surface area contributed by atoms with E-state index in [9.17, 15) is 9.59 Å². The van der Waals surface area contributed by atoms with E-state index in [2.05, 4.69) is 5.32 Å². The van der Waals surface area contributed by atoms with E-state index in [1.165, 1.54) is 6.42 Å². The maximum Gasteiger partial charge on any atom is 0.244 e. The van der Waals surface area contributed by atoms with Gasteiger partial charge in [0.25, 0.3) is 0 Å². The van der Waals surface area contributed by atoms with Gasteiger partial charge in [-0.15, -0.1) is 0 Å². The smallest absolute Gasteiger partial charge is 0.244 e. The Hall–Kier alpha value is -1.10.